The van der Waals surface area contributed by atoms with Crippen LogP contribution in [0, 0.1) is 0 Å². The van der Waals surface area contributed by atoms with Gasteiger partial charge in [0, 0.05) is 29.7 Å². The molecule has 1 aliphatic rings. The normalized spacial score (nSPS) is 16.1. The molecule has 1 aliphatic heterocycles. The molecular weight excluding hydrogens is 481 g/mol. The molecular formula is C21H28IN5S. The van der Waals surface area contributed by atoms with Crippen LogP contribution in [0.25, 0.3) is 10.9 Å². The van der Waals surface area contributed by atoms with E-state index in [9.17, 15) is 0 Å². The highest BCUT2D eigenvalue weighted by Gasteiger charge is 2.24. The molecule has 3 aromatic rings. The Morgan fingerprint density at radius 1 is 1.18 bits per heavy atom. The van der Waals surface area contributed by atoms with E-state index in [2.05, 4.69) is 73.4 Å². The fourth-order valence-corrected chi connectivity index (χ4v) is 4.63. The Morgan fingerprint density at radius 2 is 2.00 bits per heavy atom. The predicted molar refractivity (Wildman–Crippen MR) is 130 cm³/mol. The second kappa shape index (κ2) is 10.3. The van der Waals surface area contributed by atoms with Crippen molar-refractivity contribution in [3.63, 3.8) is 0 Å². The molecule has 1 unspecified atom stereocenters. The molecule has 4 rings (SSSR count). The van der Waals surface area contributed by atoms with E-state index in [0.29, 0.717) is 6.04 Å². The second-order valence-corrected chi connectivity index (χ2v) is 7.94. The molecule has 1 atom stereocenters. The van der Waals surface area contributed by atoms with Gasteiger partial charge in [0.25, 0.3) is 0 Å². The Hall–Kier alpha value is -1.58. The number of hydrogen-bond acceptors (Lipinski definition) is 3. The zero-order valence-corrected chi connectivity index (χ0v) is 19.3. The zero-order valence-electron chi connectivity index (χ0n) is 16.1. The summed E-state index contributed by atoms with van der Waals surface area (Å²) in [6.45, 7) is 3.96. The third-order valence-corrected chi connectivity index (χ3v) is 6.15. The Kier molecular flexibility index (Phi) is 7.75. The lowest BCUT2D eigenvalue weighted by atomic mass is 10.2. The van der Waals surface area contributed by atoms with Crippen molar-refractivity contribution in [2.75, 3.05) is 26.7 Å². The van der Waals surface area contributed by atoms with Crippen molar-refractivity contribution >= 4 is 52.2 Å². The molecule has 0 spiro atoms. The number of aromatic amines is 1. The highest BCUT2D eigenvalue weighted by Crippen LogP contribution is 2.27. The van der Waals surface area contributed by atoms with E-state index in [4.69, 9.17) is 0 Å². The smallest absolute Gasteiger partial charge is 0.191 e. The van der Waals surface area contributed by atoms with E-state index in [0.717, 1.165) is 24.7 Å². The zero-order chi connectivity index (χ0) is 18.5. The molecule has 3 N–H and O–H groups in total. The van der Waals surface area contributed by atoms with Crippen LogP contribution in [0.4, 0.5) is 0 Å². The monoisotopic (exact) mass is 509 g/mol. The van der Waals surface area contributed by atoms with Crippen molar-refractivity contribution in [2.24, 2.45) is 4.99 Å². The van der Waals surface area contributed by atoms with Gasteiger partial charge < -0.3 is 15.6 Å². The summed E-state index contributed by atoms with van der Waals surface area (Å²) in [7, 11) is 1.83. The van der Waals surface area contributed by atoms with Crippen LogP contribution in [0.15, 0.2) is 52.8 Å². The third kappa shape index (κ3) is 5.07. The molecule has 0 bridgehead atoms. The van der Waals surface area contributed by atoms with Gasteiger partial charge in [-0.05, 0) is 54.9 Å². The molecule has 0 amide bonds. The fraction of sp³-hybridized carbons (Fsp3) is 0.381. The number of aromatic nitrogens is 1. The van der Waals surface area contributed by atoms with Crippen LogP contribution in [-0.2, 0) is 6.54 Å². The number of rotatable bonds is 6. The Balaban J connectivity index is 0.00000225. The highest BCUT2D eigenvalue weighted by atomic mass is 127. The van der Waals surface area contributed by atoms with Gasteiger partial charge in [-0.3, -0.25) is 9.89 Å². The predicted octanol–water partition coefficient (Wildman–Crippen LogP) is 4.35. The van der Waals surface area contributed by atoms with Gasteiger partial charge in [-0.2, -0.15) is 0 Å². The number of nitrogens with one attached hydrogen (secondary N) is 3. The molecule has 3 heterocycles. The number of para-hydroxylation sites is 1. The fourth-order valence-electron chi connectivity index (χ4n) is 3.77. The molecule has 7 heteroatoms. The topological polar surface area (TPSA) is 55.5 Å². The molecule has 1 fully saturated rings. The summed E-state index contributed by atoms with van der Waals surface area (Å²) in [6, 6.07) is 15.4. The minimum absolute atomic E-state index is 0. The standard InChI is InChI=1S/C21H27N5S.HI/c1-22-21(23-14-17-13-16-7-2-3-8-18(16)25-17)24-15-19(20-9-6-12-27-20)26-10-4-5-11-26;/h2-3,6-9,12-13,19,25H,4-5,10-11,14-15H2,1H3,(H2,22,23,24);1H. The van der Waals surface area contributed by atoms with Crippen LogP contribution in [0.2, 0.25) is 0 Å². The third-order valence-electron chi connectivity index (χ3n) is 5.17. The van der Waals surface area contributed by atoms with Crippen LogP contribution in [-0.4, -0.2) is 42.5 Å². The second-order valence-electron chi connectivity index (χ2n) is 6.96. The number of likely N-dealkylation sites (tertiary alicyclic amines) is 1. The number of aliphatic imine (C=N–C) groups is 1. The Labute approximate surface area is 187 Å². The summed E-state index contributed by atoms with van der Waals surface area (Å²) in [5.41, 5.74) is 2.33. The van der Waals surface area contributed by atoms with Crippen LogP contribution in [0.3, 0.4) is 0 Å². The van der Waals surface area contributed by atoms with Gasteiger partial charge in [-0.1, -0.05) is 24.3 Å². The SMILES string of the molecule is CN=C(NCc1cc2ccccc2[nH]1)NCC(c1cccs1)N1CCCC1.I. The minimum Gasteiger partial charge on any atom is -0.357 e. The van der Waals surface area contributed by atoms with Gasteiger partial charge in [0.05, 0.1) is 12.6 Å². The minimum atomic E-state index is 0. The average molecular weight is 509 g/mol. The number of thiophene rings is 1. The molecule has 0 saturated carbocycles. The number of hydrogen-bond donors (Lipinski definition) is 3. The van der Waals surface area contributed by atoms with Crippen LogP contribution < -0.4 is 10.6 Å². The maximum Gasteiger partial charge on any atom is 0.191 e. The van der Waals surface area contributed by atoms with Gasteiger partial charge in [0.1, 0.15) is 0 Å². The molecule has 28 heavy (non-hydrogen) atoms. The molecule has 0 aliphatic carbocycles. The van der Waals surface area contributed by atoms with E-state index in [1.807, 2.05) is 18.4 Å². The van der Waals surface area contributed by atoms with Crippen molar-refractivity contribution in [2.45, 2.75) is 25.4 Å². The molecule has 5 nitrogen and oxygen atoms in total. The average Bonchev–Trinajstić information content (AvgIpc) is 3.46. The number of benzene rings is 1. The maximum absolute atomic E-state index is 4.40. The Morgan fingerprint density at radius 3 is 2.71 bits per heavy atom. The van der Waals surface area contributed by atoms with E-state index in [-0.39, 0.29) is 24.0 Å². The van der Waals surface area contributed by atoms with Gasteiger partial charge in [-0.15, -0.1) is 35.3 Å². The van der Waals surface area contributed by atoms with Crippen molar-refractivity contribution in [3.8, 4) is 0 Å². The lowest BCUT2D eigenvalue weighted by Gasteiger charge is -2.27. The summed E-state index contributed by atoms with van der Waals surface area (Å²) in [6.07, 6.45) is 2.60. The summed E-state index contributed by atoms with van der Waals surface area (Å²) in [4.78, 5) is 11.9. The molecule has 2 aromatic heterocycles. The number of guanidine groups is 1. The summed E-state index contributed by atoms with van der Waals surface area (Å²) >= 11 is 1.84. The van der Waals surface area contributed by atoms with Crippen molar-refractivity contribution < 1.29 is 0 Å². The van der Waals surface area contributed by atoms with Gasteiger partial charge in [-0.25, -0.2) is 0 Å². The van der Waals surface area contributed by atoms with E-state index in [1.54, 1.807) is 0 Å². The lowest BCUT2D eigenvalue weighted by molar-refractivity contribution is 0.249. The van der Waals surface area contributed by atoms with Crippen molar-refractivity contribution in [1.82, 2.24) is 20.5 Å². The summed E-state index contributed by atoms with van der Waals surface area (Å²) < 4.78 is 0. The van der Waals surface area contributed by atoms with E-state index < -0.39 is 0 Å². The number of fused-ring (bicyclic) bond motifs is 1. The van der Waals surface area contributed by atoms with Gasteiger partial charge in [0.15, 0.2) is 5.96 Å². The van der Waals surface area contributed by atoms with E-state index in [1.165, 1.54) is 41.7 Å². The lowest BCUT2D eigenvalue weighted by Crippen LogP contribution is -2.42. The molecule has 150 valence electrons. The Bertz CT molecular complexity index is 850. The molecule has 0 radical (unpaired) electrons. The van der Waals surface area contributed by atoms with Crippen LogP contribution >= 0.6 is 35.3 Å². The van der Waals surface area contributed by atoms with Crippen LogP contribution in [0.5, 0.6) is 0 Å². The quantitative estimate of drug-likeness (QED) is 0.263. The molecule has 1 saturated heterocycles. The van der Waals surface area contributed by atoms with Gasteiger partial charge >= 0.3 is 0 Å². The maximum atomic E-state index is 4.40. The van der Waals surface area contributed by atoms with Gasteiger partial charge in [0.2, 0.25) is 0 Å². The summed E-state index contributed by atoms with van der Waals surface area (Å²) in [5, 5.41) is 10.4. The van der Waals surface area contributed by atoms with Crippen molar-refractivity contribution in [1.29, 1.82) is 0 Å². The van der Waals surface area contributed by atoms with Crippen molar-refractivity contribution in [3.05, 3.63) is 58.4 Å². The first-order chi connectivity index (χ1) is 13.3. The first kappa shape index (κ1) is 21.1. The molecule has 1 aromatic carbocycles. The summed E-state index contributed by atoms with van der Waals surface area (Å²) in [5.74, 6) is 0.842. The first-order valence-electron chi connectivity index (χ1n) is 9.62. The number of H-pyrrole nitrogens is 1. The number of nitrogens with zero attached hydrogens (tertiary/aromatic N) is 2. The largest absolute Gasteiger partial charge is 0.357 e. The van der Waals surface area contributed by atoms with Crippen LogP contribution in [0.1, 0.15) is 29.5 Å². The highest BCUT2D eigenvalue weighted by molar-refractivity contribution is 14.0. The number of halogens is 1. The first-order valence-corrected chi connectivity index (χ1v) is 10.5. The van der Waals surface area contributed by atoms with E-state index >= 15 is 0 Å².